The van der Waals surface area contributed by atoms with E-state index in [-0.39, 0.29) is 16.6 Å². The van der Waals surface area contributed by atoms with Crippen LogP contribution in [0.5, 0.6) is 0 Å². The number of alkyl halides is 3. The van der Waals surface area contributed by atoms with E-state index in [1.165, 1.54) is 18.3 Å². The molecular weight excluding hydrogens is 421 g/mol. The van der Waals surface area contributed by atoms with Crippen LogP contribution in [0.3, 0.4) is 0 Å². The largest absolute Gasteiger partial charge is 0.416 e. The first-order chi connectivity index (χ1) is 14.2. The van der Waals surface area contributed by atoms with E-state index in [1.807, 2.05) is 11.8 Å². The number of aromatic amines is 1. The Bertz CT molecular complexity index is 1140. The van der Waals surface area contributed by atoms with Crippen molar-refractivity contribution in [1.82, 2.24) is 25.2 Å². The summed E-state index contributed by atoms with van der Waals surface area (Å²) in [6.07, 6.45) is -2.51. The third-order valence-electron chi connectivity index (χ3n) is 5.38. The van der Waals surface area contributed by atoms with Crippen molar-refractivity contribution < 1.29 is 13.2 Å². The molecule has 2 aromatic heterocycles. The van der Waals surface area contributed by atoms with E-state index in [0.29, 0.717) is 24.3 Å². The highest BCUT2D eigenvalue weighted by Crippen LogP contribution is 2.37. The molecule has 0 spiro atoms. The molecule has 0 saturated heterocycles. The summed E-state index contributed by atoms with van der Waals surface area (Å²) in [5.74, 6) is 0. The van der Waals surface area contributed by atoms with Gasteiger partial charge in [0.25, 0.3) is 5.56 Å². The maximum Gasteiger partial charge on any atom is 0.416 e. The fourth-order valence-electron chi connectivity index (χ4n) is 3.85. The monoisotopic (exact) mass is 438 g/mol. The number of H-pyrrole nitrogens is 1. The minimum absolute atomic E-state index is 0.0279. The molecule has 11 heteroatoms. The number of benzene rings is 1. The molecule has 3 aromatic rings. The van der Waals surface area contributed by atoms with Crippen LogP contribution >= 0.6 is 11.6 Å². The van der Waals surface area contributed by atoms with Crippen molar-refractivity contribution in [2.24, 2.45) is 0 Å². The summed E-state index contributed by atoms with van der Waals surface area (Å²) in [6, 6.07) is 4.73. The SMILES string of the molecule is C[C@@H]1Cc2c(nnn2[C@@H](C)c2ccccc2C(F)(F)F)CN1c1cn[nH]c(=O)c1Cl. The zero-order valence-electron chi connectivity index (χ0n) is 16.1. The molecule has 1 aliphatic rings. The predicted molar refractivity (Wildman–Crippen MR) is 104 cm³/mol. The summed E-state index contributed by atoms with van der Waals surface area (Å²) >= 11 is 6.14. The molecule has 4 rings (SSSR count). The van der Waals surface area contributed by atoms with Gasteiger partial charge in [-0.25, -0.2) is 9.78 Å². The minimum atomic E-state index is -4.46. The lowest BCUT2D eigenvalue weighted by Gasteiger charge is -2.35. The average molecular weight is 439 g/mol. The Morgan fingerprint density at radius 1 is 1.30 bits per heavy atom. The normalized spacial score (nSPS) is 17.7. The fraction of sp³-hybridized carbons (Fsp3) is 0.368. The Balaban J connectivity index is 1.70. The van der Waals surface area contributed by atoms with Gasteiger partial charge in [-0.2, -0.15) is 18.3 Å². The Kier molecular flexibility index (Phi) is 5.05. The van der Waals surface area contributed by atoms with Crippen LogP contribution in [0.4, 0.5) is 18.9 Å². The molecule has 0 saturated carbocycles. The molecule has 3 heterocycles. The van der Waals surface area contributed by atoms with E-state index in [9.17, 15) is 18.0 Å². The van der Waals surface area contributed by atoms with Gasteiger partial charge in [0.1, 0.15) is 10.7 Å². The zero-order valence-corrected chi connectivity index (χ0v) is 16.9. The van der Waals surface area contributed by atoms with Crippen molar-refractivity contribution in [2.45, 2.75) is 45.1 Å². The number of halogens is 4. The van der Waals surface area contributed by atoms with Gasteiger partial charge in [-0.05, 0) is 25.5 Å². The minimum Gasteiger partial charge on any atom is -0.360 e. The van der Waals surface area contributed by atoms with E-state index in [1.54, 1.807) is 17.7 Å². The first-order valence-electron chi connectivity index (χ1n) is 9.27. The van der Waals surface area contributed by atoms with Crippen LogP contribution in [0.15, 0.2) is 35.3 Å². The molecule has 0 radical (unpaired) electrons. The van der Waals surface area contributed by atoms with E-state index >= 15 is 0 Å². The molecule has 30 heavy (non-hydrogen) atoms. The Hall–Kier alpha value is -2.88. The van der Waals surface area contributed by atoms with Gasteiger partial charge in [0.05, 0.1) is 35.7 Å². The summed E-state index contributed by atoms with van der Waals surface area (Å²) in [7, 11) is 0. The summed E-state index contributed by atoms with van der Waals surface area (Å²) in [4.78, 5) is 13.7. The summed E-state index contributed by atoms with van der Waals surface area (Å²) in [5, 5.41) is 14.5. The third-order valence-corrected chi connectivity index (χ3v) is 5.75. The lowest BCUT2D eigenvalue weighted by molar-refractivity contribution is -0.138. The maximum atomic E-state index is 13.5. The number of aromatic nitrogens is 5. The van der Waals surface area contributed by atoms with Crippen LogP contribution in [0.1, 0.15) is 42.4 Å². The Morgan fingerprint density at radius 3 is 2.77 bits per heavy atom. The quantitative estimate of drug-likeness (QED) is 0.676. The number of nitrogens with zero attached hydrogens (tertiary/aromatic N) is 5. The van der Waals surface area contributed by atoms with Gasteiger partial charge >= 0.3 is 6.18 Å². The van der Waals surface area contributed by atoms with Crippen molar-refractivity contribution in [3.63, 3.8) is 0 Å². The third kappa shape index (κ3) is 3.45. The van der Waals surface area contributed by atoms with E-state index in [2.05, 4.69) is 20.5 Å². The Labute approximate surface area is 174 Å². The topological polar surface area (TPSA) is 79.7 Å². The molecule has 0 fully saturated rings. The second kappa shape index (κ2) is 7.42. The van der Waals surface area contributed by atoms with Crippen LogP contribution in [-0.4, -0.2) is 31.2 Å². The standard InChI is InChI=1S/C19H18ClF3N6O/c1-10-7-15-14(9-28(10)16-8-24-26-18(30)17(16)20)25-27-29(15)11(2)12-5-3-4-6-13(12)19(21,22)23/h3-6,8,10-11H,7,9H2,1-2H3,(H,26,30)/t10-,11+/m1/s1. The number of fused-ring (bicyclic) bond motifs is 1. The number of rotatable bonds is 3. The first-order valence-corrected chi connectivity index (χ1v) is 9.65. The summed E-state index contributed by atoms with van der Waals surface area (Å²) in [5.41, 5.74) is 0.818. The van der Waals surface area contributed by atoms with Gasteiger partial charge in [-0.3, -0.25) is 4.79 Å². The molecule has 0 unspecified atom stereocenters. The van der Waals surface area contributed by atoms with Crippen molar-refractivity contribution in [3.8, 4) is 0 Å². The van der Waals surface area contributed by atoms with E-state index in [0.717, 1.165) is 11.8 Å². The van der Waals surface area contributed by atoms with Gasteiger partial charge in [-0.1, -0.05) is 35.0 Å². The zero-order chi connectivity index (χ0) is 21.6. The van der Waals surface area contributed by atoms with Crippen molar-refractivity contribution in [1.29, 1.82) is 0 Å². The van der Waals surface area contributed by atoms with Gasteiger partial charge in [-0.15, -0.1) is 5.10 Å². The van der Waals surface area contributed by atoms with Gasteiger partial charge in [0, 0.05) is 12.5 Å². The molecule has 1 aliphatic heterocycles. The first kappa shape index (κ1) is 20.4. The van der Waals surface area contributed by atoms with Crippen molar-refractivity contribution in [2.75, 3.05) is 4.90 Å². The lowest BCUT2D eigenvalue weighted by atomic mass is 9.99. The highest BCUT2D eigenvalue weighted by atomic mass is 35.5. The molecule has 2 atom stereocenters. The molecular formula is C19H18ClF3N6O. The van der Waals surface area contributed by atoms with Crippen LogP contribution in [0, 0.1) is 0 Å². The highest BCUT2D eigenvalue weighted by Gasteiger charge is 2.36. The number of hydrogen-bond donors (Lipinski definition) is 1. The molecule has 0 amide bonds. The van der Waals surface area contributed by atoms with E-state index < -0.39 is 23.3 Å². The molecule has 0 aliphatic carbocycles. The number of hydrogen-bond acceptors (Lipinski definition) is 5. The second-order valence-electron chi connectivity index (χ2n) is 7.27. The molecule has 0 bridgehead atoms. The van der Waals surface area contributed by atoms with Crippen molar-refractivity contribution >= 4 is 17.3 Å². The lowest BCUT2D eigenvalue weighted by Crippen LogP contribution is -2.40. The maximum absolute atomic E-state index is 13.5. The van der Waals surface area contributed by atoms with E-state index in [4.69, 9.17) is 11.6 Å². The number of nitrogens with one attached hydrogen (secondary N) is 1. The smallest absolute Gasteiger partial charge is 0.360 e. The molecule has 1 N–H and O–H groups in total. The van der Waals surface area contributed by atoms with Gasteiger partial charge in [0.2, 0.25) is 0 Å². The van der Waals surface area contributed by atoms with Crippen LogP contribution < -0.4 is 10.5 Å². The fourth-order valence-corrected chi connectivity index (χ4v) is 4.05. The predicted octanol–water partition coefficient (Wildman–Crippen LogP) is 3.59. The second-order valence-corrected chi connectivity index (χ2v) is 7.65. The molecule has 158 valence electrons. The summed E-state index contributed by atoms with van der Waals surface area (Å²) in [6.45, 7) is 3.93. The molecule has 7 nitrogen and oxygen atoms in total. The summed E-state index contributed by atoms with van der Waals surface area (Å²) < 4.78 is 41.9. The molecule has 1 aromatic carbocycles. The van der Waals surface area contributed by atoms with Crippen LogP contribution in [-0.2, 0) is 19.1 Å². The van der Waals surface area contributed by atoms with Crippen LogP contribution in [0.25, 0.3) is 0 Å². The van der Waals surface area contributed by atoms with Crippen LogP contribution in [0.2, 0.25) is 5.02 Å². The number of anilines is 1. The average Bonchev–Trinajstić information content (AvgIpc) is 3.11. The van der Waals surface area contributed by atoms with Gasteiger partial charge in [0.15, 0.2) is 0 Å². The van der Waals surface area contributed by atoms with Gasteiger partial charge < -0.3 is 4.90 Å². The highest BCUT2D eigenvalue weighted by molar-refractivity contribution is 6.33. The van der Waals surface area contributed by atoms with Crippen molar-refractivity contribution in [3.05, 3.63) is 68.4 Å². The Morgan fingerprint density at radius 2 is 2.03 bits per heavy atom.